The minimum absolute atomic E-state index is 0.0417. The summed E-state index contributed by atoms with van der Waals surface area (Å²) in [6.07, 6.45) is 0. The standard InChI is InChI=1S/C18H14BrN3O3/c19-10-5-6-11-13(9-10)20-18(24)15(11)17-16(21-25)12-3-1-2-4-14(12)22(17)7-8-23/h1-6,9,20,23-24H,7-8H2. The topological polar surface area (TPSA) is 90.6 Å². The van der Waals surface area contributed by atoms with Crippen LogP contribution in [0.15, 0.2) is 52.1 Å². The molecule has 0 saturated heterocycles. The van der Waals surface area contributed by atoms with Gasteiger partial charge in [-0.15, -0.1) is 4.91 Å². The molecule has 6 nitrogen and oxygen atoms in total. The number of aliphatic hydroxyl groups is 1. The highest BCUT2D eigenvalue weighted by Crippen LogP contribution is 2.46. The lowest BCUT2D eigenvalue weighted by atomic mass is 10.1. The molecule has 2 aromatic carbocycles. The smallest absolute Gasteiger partial charge is 0.199 e. The molecule has 0 spiro atoms. The van der Waals surface area contributed by atoms with Crippen molar-refractivity contribution in [3.8, 4) is 17.1 Å². The monoisotopic (exact) mass is 399 g/mol. The molecule has 2 aromatic heterocycles. The van der Waals surface area contributed by atoms with E-state index in [1.54, 1.807) is 0 Å². The Morgan fingerprint density at radius 2 is 1.96 bits per heavy atom. The van der Waals surface area contributed by atoms with Gasteiger partial charge in [0.2, 0.25) is 0 Å². The molecule has 4 aromatic rings. The maximum Gasteiger partial charge on any atom is 0.199 e. The van der Waals surface area contributed by atoms with Gasteiger partial charge in [-0.3, -0.25) is 0 Å². The number of hydrogen-bond acceptors (Lipinski definition) is 4. The number of H-pyrrole nitrogens is 1. The zero-order chi connectivity index (χ0) is 17.6. The lowest BCUT2D eigenvalue weighted by molar-refractivity contribution is 0.278. The molecule has 25 heavy (non-hydrogen) atoms. The van der Waals surface area contributed by atoms with Crippen molar-refractivity contribution >= 4 is 43.4 Å². The fourth-order valence-electron chi connectivity index (χ4n) is 3.36. The zero-order valence-electron chi connectivity index (χ0n) is 13.0. The third kappa shape index (κ3) is 2.35. The van der Waals surface area contributed by atoms with Gasteiger partial charge in [0, 0.05) is 21.8 Å². The Kier molecular flexibility index (Phi) is 3.82. The predicted molar refractivity (Wildman–Crippen MR) is 101 cm³/mol. The Morgan fingerprint density at radius 1 is 1.16 bits per heavy atom. The summed E-state index contributed by atoms with van der Waals surface area (Å²) in [6.45, 7) is 0.187. The number of benzene rings is 2. The van der Waals surface area contributed by atoms with Gasteiger partial charge in [-0.05, 0) is 23.4 Å². The molecule has 0 aliphatic carbocycles. The molecule has 0 fully saturated rings. The van der Waals surface area contributed by atoms with Gasteiger partial charge >= 0.3 is 0 Å². The molecule has 0 unspecified atom stereocenters. The molecule has 4 rings (SSSR count). The Bertz CT molecular complexity index is 1110. The van der Waals surface area contributed by atoms with Crippen LogP contribution in [0.3, 0.4) is 0 Å². The number of aromatic amines is 1. The van der Waals surface area contributed by atoms with Crippen molar-refractivity contribution in [2.24, 2.45) is 5.18 Å². The Labute approximate surface area is 150 Å². The number of fused-ring (bicyclic) bond motifs is 2. The van der Waals surface area contributed by atoms with E-state index in [1.165, 1.54) is 0 Å². The normalized spacial score (nSPS) is 11.4. The quantitative estimate of drug-likeness (QED) is 0.436. The summed E-state index contributed by atoms with van der Waals surface area (Å²) in [4.78, 5) is 14.6. The highest BCUT2D eigenvalue weighted by atomic mass is 79.9. The fraction of sp³-hybridized carbons (Fsp3) is 0.111. The van der Waals surface area contributed by atoms with Gasteiger partial charge in [0.05, 0.1) is 28.9 Å². The van der Waals surface area contributed by atoms with Crippen LogP contribution < -0.4 is 0 Å². The van der Waals surface area contributed by atoms with Crippen molar-refractivity contribution in [2.75, 3.05) is 6.61 Å². The van der Waals surface area contributed by atoms with Crippen LogP contribution in [-0.4, -0.2) is 26.4 Å². The average Bonchev–Trinajstić information content (AvgIpc) is 3.08. The highest BCUT2D eigenvalue weighted by molar-refractivity contribution is 9.10. The van der Waals surface area contributed by atoms with Gasteiger partial charge in [0.25, 0.3) is 0 Å². The van der Waals surface area contributed by atoms with Crippen molar-refractivity contribution in [3.05, 3.63) is 51.8 Å². The van der Waals surface area contributed by atoms with Crippen LogP contribution in [0.1, 0.15) is 0 Å². The molecule has 2 heterocycles. The summed E-state index contributed by atoms with van der Waals surface area (Å²) in [7, 11) is 0. The van der Waals surface area contributed by atoms with Crippen LogP contribution in [-0.2, 0) is 6.54 Å². The lowest BCUT2D eigenvalue weighted by Gasteiger charge is -2.09. The van der Waals surface area contributed by atoms with Crippen LogP contribution in [0, 0.1) is 4.91 Å². The van der Waals surface area contributed by atoms with Gasteiger partial charge in [0.15, 0.2) is 5.88 Å². The van der Waals surface area contributed by atoms with E-state index in [2.05, 4.69) is 26.1 Å². The van der Waals surface area contributed by atoms with Crippen molar-refractivity contribution in [2.45, 2.75) is 6.54 Å². The van der Waals surface area contributed by atoms with Crippen molar-refractivity contribution in [1.29, 1.82) is 0 Å². The summed E-state index contributed by atoms with van der Waals surface area (Å²) < 4.78 is 2.69. The summed E-state index contributed by atoms with van der Waals surface area (Å²) in [5.74, 6) is -0.0417. The van der Waals surface area contributed by atoms with E-state index >= 15 is 0 Å². The minimum Gasteiger partial charge on any atom is -0.494 e. The van der Waals surface area contributed by atoms with E-state index < -0.39 is 0 Å². The summed E-state index contributed by atoms with van der Waals surface area (Å²) in [6, 6.07) is 13.0. The largest absolute Gasteiger partial charge is 0.494 e. The Morgan fingerprint density at radius 3 is 2.72 bits per heavy atom. The summed E-state index contributed by atoms with van der Waals surface area (Å²) in [5, 5.41) is 24.7. The molecule has 0 atom stereocenters. The molecule has 0 bridgehead atoms. The second kappa shape index (κ2) is 6.02. The molecule has 0 amide bonds. The third-order valence-corrected chi connectivity index (χ3v) is 4.83. The van der Waals surface area contributed by atoms with Crippen molar-refractivity contribution < 1.29 is 10.2 Å². The van der Waals surface area contributed by atoms with Gasteiger partial charge in [0.1, 0.15) is 5.69 Å². The first-order valence-electron chi connectivity index (χ1n) is 7.71. The van der Waals surface area contributed by atoms with Crippen LogP contribution in [0.4, 0.5) is 5.69 Å². The molecule has 3 N–H and O–H groups in total. The van der Waals surface area contributed by atoms with E-state index in [4.69, 9.17) is 0 Å². The van der Waals surface area contributed by atoms with E-state index in [1.807, 2.05) is 47.0 Å². The first-order chi connectivity index (χ1) is 12.2. The molecule has 0 saturated carbocycles. The van der Waals surface area contributed by atoms with Crippen LogP contribution in [0.2, 0.25) is 0 Å². The second-order valence-electron chi connectivity index (χ2n) is 5.72. The van der Waals surface area contributed by atoms with Gasteiger partial charge in [-0.25, -0.2) is 0 Å². The van der Waals surface area contributed by atoms with E-state index in [-0.39, 0.29) is 24.7 Å². The number of halogens is 1. The summed E-state index contributed by atoms with van der Waals surface area (Å²) >= 11 is 3.41. The molecule has 0 radical (unpaired) electrons. The first-order valence-corrected chi connectivity index (χ1v) is 8.51. The number of aliphatic hydroxyl groups excluding tert-OH is 1. The van der Waals surface area contributed by atoms with E-state index in [0.29, 0.717) is 16.6 Å². The maximum atomic E-state index is 11.6. The first kappa shape index (κ1) is 15.9. The second-order valence-corrected chi connectivity index (χ2v) is 6.64. The molecule has 0 aliphatic rings. The number of hydrogen-bond donors (Lipinski definition) is 3. The fourth-order valence-corrected chi connectivity index (χ4v) is 3.72. The number of aromatic nitrogens is 2. The third-order valence-electron chi connectivity index (χ3n) is 4.34. The van der Waals surface area contributed by atoms with Gasteiger partial charge in [-0.1, -0.05) is 40.2 Å². The SMILES string of the molecule is O=Nc1c(-c2c(O)[nH]c3cc(Br)ccc23)n(CCO)c2ccccc12. The Hall–Kier alpha value is -2.64. The molecule has 0 aliphatic heterocycles. The Balaban J connectivity index is 2.16. The number of aromatic hydroxyl groups is 1. The predicted octanol–water partition coefficient (Wildman–Crippen LogP) is 4.65. The average molecular weight is 400 g/mol. The highest BCUT2D eigenvalue weighted by Gasteiger charge is 2.24. The van der Waals surface area contributed by atoms with Gasteiger partial charge in [-0.2, -0.15) is 0 Å². The van der Waals surface area contributed by atoms with Crippen molar-refractivity contribution in [3.63, 3.8) is 0 Å². The lowest BCUT2D eigenvalue weighted by Crippen LogP contribution is -2.03. The number of nitrogens with one attached hydrogen (secondary N) is 1. The van der Waals surface area contributed by atoms with E-state index in [0.717, 1.165) is 20.9 Å². The summed E-state index contributed by atoms with van der Waals surface area (Å²) in [5.41, 5.74) is 2.77. The molecular weight excluding hydrogens is 386 g/mol. The maximum absolute atomic E-state index is 11.6. The van der Waals surface area contributed by atoms with Crippen LogP contribution >= 0.6 is 15.9 Å². The number of nitrogens with zero attached hydrogens (tertiary/aromatic N) is 2. The van der Waals surface area contributed by atoms with E-state index in [9.17, 15) is 15.1 Å². The zero-order valence-corrected chi connectivity index (χ0v) is 14.6. The molecular formula is C18H14BrN3O3. The molecule has 7 heteroatoms. The van der Waals surface area contributed by atoms with Crippen LogP contribution in [0.5, 0.6) is 5.88 Å². The van der Waals surface area contributed by atoms with Gasteiger partial charge < -0.3 is 19.8 Å². The minimum atomic E-state index is -0.0986. The molecule has 126 valence electrons. The van der Waals surface area contributed by atoms with Crippen molar-refractivity contribution in [1.82, 2.24) is 9.55 Å². The number of para-hydroxylation sites is 1. The van der Waals surface area contributed by atoms with Crippen LogP contribution in [0.25, 0.3) is 33.1 Å². The number of nitroso groups, excluding NO2 is 1. The number of rotatable bonds is 4.